The van der Waals surface area contributed by atoms with Crippen molar-refractivity contribution in [2.24, 2.45) is 0 Å². The van der Waals surface area contributed by atoms with Gasteiger partial charge in [-0.15, -0.1) is 0 Å². The maximum absolute atomic E-state index is 12.2. The van der Waals surface area contributed by atoms with E-state index in [9.17, 15) is 4.79 Å². The van der Waals surface area contributed by atoms with Gasteiger partial charge in [0.15, 0.2) is 0 Å². The molecule has 2 saturated heterocycles. The van der Waals surface area contributed by atoms with Gasteiger partial charge in [-0.25, -0.2) is 0 Å². The molecular weight excluding hydrogens is 214 g/mol. The molecule has 2 unspecified atom stereocenters. The topological polar surface area (TPSA) is 35.6 Å². The maximum atomic E-state index is 12.2. The molecule has 0 aromatic heterocycles. The third-order valence-electron chi connectivity index (χ3n) is 4.21. The van der Waals surface area contributed by atoms with E-state index in [1.54, 1.807) is 0 Å². The highest BCUT2D eigenvalue weighted by atomic mass is 16.2. The fourth-order valence-corrected chi connectivity index (χ4v) is 2.94. The summed E-state index contributed by atoms with van der Waals surface area (Å²) in [6.07, 6.45) is 4.81. The molecule has 1 amide bonds. The third kappa shape index (κ3) is 3.19. The predicted molar refractivity (Wildman–Crippen MR) is 68.9 cm³/mol. The summed E-state index contributed by atoms with van der Waals surface area (Å²) >= 11 is 0. The first kappa shape index (κ1) is 12.8. The molecule has 0 radical (unpaired) electrons. The Balaban J connectivity index is 1.82. The number of likely N-dealkylation sites (N-methyl/N-ethyl adjacent to an activating group) is 1. The smallest absolute Gasteiger partial charge is 0.236 e. The number of piperidine rings is 1. The molecule has 0 saturated carbocycles. The molecule has 0 bridgehead atoms. The van der Waals surface area contributed by atoms with Gasteiger partial charge in [0.1, 0.15) is 0 Å². The van der Waals surface area contributed by atoms with Gasteiger partial charge in [-0.3, -0.25) is 9.69 Å². The summed E-state index contributed by atoms with van der Waals surface area (Å²) in [7, 11) is 1.99. The molecule has 4 heteroatoms. The first-order chi connectivity index (χ1) is 8.20. The first-order valence-electron chi connectivity index (χ1n) is 6.90. The average Bonchev–Trinajstić information content (AvgIpc) is 2.75. The van der Waals surface area contributed by atoms with E-state index in [4.69, 9.17) is 0 Å². The van der Waals surface area contributed by atoms with Crippen LogP contribution in [0.1, 0.15) is 32.6 Å². The monoisotopic (exact) mass is 239 g/mol. The summed E-state index contributed by atoms with van der Waals surface area (Å²) < 4.78 is 0. The zero-order valence-electron chi connectivity index (χ0n) is 11.1. The van der Waals surface area contributed by atoms with E-state index in [2.05, 4.69) is 17.1 Å². The van der Waals surface area contributed by atoms with Gasteiger partial charge in [0, 0.05) is 25.2 Å². The Morgan fingerprint density at radius 2 is 2.06 bits per heavy atom. The molecule has 0 aromatic carbocycles. The second kappa shape index (κ2) is 5.83. The lowest BCUT2D eigenvalue weighted by molar-refractivity contribution is -0.133. The average molecular weight is 239 g/mol. The number of likely N-dealkylation sites (tertiary alicyclic amines) is 2. The van der Waals surface area contributed by atoms with Crippen molar-refractivity contribution in [3.63, 3.8) is 0 Å². The van der Waals surface area contributed by atoms with Crippen LogP contribution in [0.4, 0.5) is 0 Å². The fourth-order valence-electron chi connectivity index (χ4n) is 2.94. The van der Waals surface area contributed by atoms with Crippen LogP contribution in [0.5, 0.6) is 0 Å². The number of nitrogens with one attached hydrogen (secondary N) is 1. The van der Waals surface area contributed by atoms with E-state index < -0.39 is 0 Å². The van der Waals surface area contributed by atoms with E-state index in [0.717, 1.165) is 26.1 Å². The van der Waals surface area contributed by atoms with Crippen molar-refractivity contribution in [3.05, 3.63) is 0 Å². The molecule has 0 aliphatic carbocycles. The molecule has 0 aromatic rings. The van der Waals surface area contributed by atoms with Crippen LogP contribution in [0.2, 0.25) is 0 Å². The highest BCUT2D eigenvalue weighted by Gasteiger charge is 2.27. The fraction of sp³-hybridized carbons (Fsp3) is 0.923. The minimum Gasteiger partial charge on any atom is -0.340 e. The molecule has 2 aliphatic rings. The van der Waals surface area contributed by atoms with Gasteiger partial charge in [0.25, 0.3) is 0 Å². The molecule has 4 nitrogen and oxygen atoms in total. The van der Waals surface area contributed by atoms with Crippen molar-refractivity contribution in [3.8, 4) is 0 Å². The number of hydrogen-bond acceptors (Lipinski definition) is 3. The van der Waals surface area contributed by atoms with E-state index in [1.807, 2.05) is 11.9 Å². The molecule has 2 fully saturated rings. The Kier molecular flexibility index (Phi) is 4.40. The predicted octanol–water partition coefficient (Wildman–Crippen LogP) is 0.681. The van der Waals surface area contributed by atoms with Crippen molar-refractivity contribution in [1.29, 1.82) is 0 Å². The van der Waals surface area contributed by atoms with Gasteiger partial charge >= 0.3 is 0 Å². The summed E-state index contributed by atoms with van der Waals surface area (Å²) in [5.41, 5.74) is 0. The van der Waals surface area contributed by atoms with Gasteiger partial charge in [0.2, 0.25) is 5.91 Å². The van der Waals surface area contributed by atoms with Crippen LogP contribution in [0.3, 0.4) is 0 Å². The number of nitrogens with zero attached hydrogens (tertiary/aromatic N) is 2. The highest BCUT2D eigenvalue weighted by molar-refractivity contribution is 5.78. The summed E-state index contributed by atoms with van der Waals surface area (Å²) in [5, 5.41) is 3.28. The van der Waals surface area contributed by atoms with Crippen LogP contribution in [-0.4, -0.2) is 61.0 Å². The van der Waals surface area contributed by atoms with Crippen molar-refractivity contribution < 1.29 is 4.79 Å². The molecule has 0 spiro atoms. The minimum atomic E-state index is 0.318. The second-order valence-corrected chi connectivity index (χ2v) is 5.43. The lowest BCUT2D eigenvalue weighted by Crippen LogP contribution is -2.50. The van der Waals surface area contributed by atoms with Gasteiger partial charge in [-0.1, -0.05) is 0 Å². The molecule has 2 atom stereocenters. The SMILES string of the molecule is CNC1CCCN(C(=O)CN2CCCC2C)C1. The van der Waals surface area contributed by atoms with Crippen molar-refractivity contribution >= 4 is 5.91 Å². The lowest BCUT2D eigenvalue weighted by Gasteiger charge is -2.34. The first-order valence-corrected chi connectivity index (χ1v) is 6.90. The number of rotatable bonds is 3. The minimum absolute atomic E-state index is 0.318. The molecule has 98 valence electrons. The Hall–Kier alpha value is -0.610. The van der Waals surface area contributed by atoms with Crippen LogP contribution in [0.15, 0.2) is 0 Å². The summed E-state index contributed by atoms with van der Waals surface area (Å²) in [5.74, 6) is 0.318. The van der Waals surface area contributed by atoms with E-state index in [1.165, 1.54) is 19.3 Å². The van der Waals surface area contributed by atoms with E-state index >= 15 is 0 Å². The normalized spacial score (nSPS) is 30.8. The van der Waals surface area contributed by atoms with Crippen LogP contribution >= 0.6 is 0 Å². The molecular formula is C13H25N3O. The molecule has 2 aliphatic heterocycles. The largest absolute Gasteiger partial charge is 0.340 e. The van der Waals surface area contributed by atoms with Gasteiger partial charge in [0.05, 0.1) is 6.54 Å². The summed E-state index contributed by atoms with van der Waals surface area (Å²) in [6, 6.07) is 1.08. The quantitative estimate of drug-likeness (QED) is 0.787. The zero-order valence-corrected chi connectivity index (χ0v) is 11.1. The molecule has 17 heavy (non-hydrogen) atoms. The molecule has 1 N–H and O–H groups in total. The Morgan fingerprint density at radius 1 is 1.29 bits per heavy atom. The number of carbonyl (C=O) groups is 1. The number of hydrogen-bond donors (Lipinski definition) is 1. The Bertz CT molecular complexity index is 269. The van der Waals surface area contributed by atoms with Gasteiger partial charge in [-0.05, 0) is 46.2 Å². The Morgan fingerprint density at radius 3 is 2.71 bits per heavy atom. The maximum Gasteiger partial charge on any atom is 0.236 e. The number of amides is 1. The third-order valence-corrected chi connectivity index (χ3v) is 4.21. The highest BCUT2D eigenvalue weighted by Crippen LogP contribution is 2.17. The summed E-state index contributed by atoms with van der Waals surface area (Å²) in [4.78, 5) is 16.6. The standard InChI is InChI=1S/C13H25N3O/c1-11-5-3-7-15(11)10-13(17)16-8-4-6-12(9-16)14-2/h11-12,14H,3-10H2,1-2H3. The summed E-state index contributed by atoms with van der Waals surface area (Å²) in [6.45, 7) is 5.78. The lowest BCUT2D eigenvalue weighted by atomic mass is 10.1. The number of carbonyl (C=O) groups excluding carboxylic acids is 1. The second-order valence-electron chi connectivity index (χ2n) is 5.43. The van der Waals surface area contributed by atoms with E-state index in [0.29, 0.717) is 24.5 Å². The van der Waals surface area contributed by atoms with E-state index in [-0.39, 0.29) is 0 Å². The van der Waals surface area contributed by atoms with Crippen LogP contribution in [0, 0.1) is 0 Å². The van der Waals surface area contributed by atoms with Crippen molar-refractivity contribution in [2.75, 3.05) is 33.2 Å². The molecule has 2 heterocycles. The zero-order chi connectivity index (χ0) is 12.3. The van der Waals surface area contributed by atoms with Crippen LogP contribution in [-0.2, 0) is 4.79 Å². The van der Waals surface area contributed by atoms with Crippen LogP contribution in [0.25, 0.3) is 0 Å². The Labute approximate surface area is 104 Å². The molecule has 2 rings (SSSR count). The van der Waals surface area contributed by atoms with Gasteiger partial charge < -0.3 is 10.2 Å². The van der Waals surface area contributed by atoms with Crippen LogP contribution < -0.4 is 5.32 Å². The van der Waals surface area contributed by atoms with Crippen molar-refractivity contribution in [1.82, 2.24) is 15.1 Å². The van der Waals surface area contributed by atoms with Gasteiger partial charge in [-0.2, -0.15) is 0 Å². The van der Waals surface area contributed by atoms with Crippen molar-refractivity contribution in [2.45, 2.75) is 44.7 Å².